The largest absolute Gasteiger partial charge is 0.369 e. The fourth-order valence-electron chi connectivity index (χ4n) is 1.53. The maximum Gasteiger partial charge on any atom is 0.238 e. The first-order valence-corrected chi connectivity index (χ1v) is 5.85. The number of hydrogen-bond donors (Lipinski definition) is 2. The van der Waals surface area contributed by atoms with E-state index in [2.05, 4.69) is 5.32 Å². The number of carbonyl (C=O) groups excluding carboxylic acids is 2. The molecule has 6 nitrogen and oxygen atoms in total. The van der Waals surface area contributed by atoms with Crippen LogP contribution in [-0.4, -0.2) is 36.3 Å². The van der Waals surface area contributed by atoms with Gasteiger partial charge in [-0.3, -0.25) is 14.5 Å². The SMILES string of the molecule is CCN(CC(N)=O)CC(=O)Nc1ccc(C#N)cc1. The fraction of sp³-hybridized carbons (Fsp3) is 0.308. The summed E-state index contributed by atoms with van der Waals surface area (Å²) in [7, 11) is 0. The number of nitriles is 1. The van der Waals surface area contributed by atoms with Gasteiger partial charge in [-0.1, -0.05) is 6.92 Å². The molecule has 0 heterocycles. The van der Waals surface area contributed by atoms with Crippen molar-refractivity contribution in [1.29, 1.82) is 5.26 Å². The molecule has 19 heavy (non-hydrogen) atoms. The first kappa shape index (κ1) is 14.7. The topological polar surface area (TPSA) is 99.2 Å². The molecular formula is C13H16N4O2. The van der Waals surface area contributed by atoms with Gasteiger partial charge in [0.05, 0.1) is 24.7 Å². The van der Waals surface area contributed by atoms with Crippen LogP contribution in [0.2, 0.25) is 0 Å². The van der Waals surface area contributed by atoms with E-state index in [1.165, 1.54) is 0 Å². The third kappa shape index (κ3) is 5.19. The van der Waals surface area contributed by atoms with E-state index in [1.54, 1.807) is 29.2 Å². The van der Waals surface area contributed by atoms with Crippen molar-refractivity contribution in [2.75, 3.05) is 25.0 Å². The van der Waals surface area contributed by atoms with Gasteiger partial charge < -0.3 is 11.1 Å². The highest BCUT2D eigenvalue weighted by Gasteiger charge is 2.11. The number of hydrogen-bond acceptors (Lipinski definition) is 4. The molecule has 1 rings (SSSR count). The number of nitrogens with zero attached hydrogens (tertiary/aromatic N) is 2. The van der Waals surface area contributed by atoms with Crippen molar-refractivity contribution in [3.63, 3.8) is 0 Å². The number of amides is 2. The third-order valence-corrected chi connectivity index (χ3v) is 2.49. The number of rotatable bonds is 6. The van der Waals surface area contributed by atoms with E-state index < -0.39 is 5.91 Å². The lowest BCUT2D eigenvalue weighted by Gasteiger charge is -2.17. The van der Waals surface area contributed by atoms with Crippen LogP contribution in [0.15, 0.2) is 24.3 Å². The quantitative estimate of drug-likeness (QED) is 0.768. The van der Waals surface area contributed by atoms with Crippen LogP contribution in [0.5, 0.6) is 0 Å². The molecule has 0 unspecified atom stereocenters. The average Bonchev–Trinajstić information content (AvgIpc) is 2.38. The molecule has 2 amide bonds. The molecule has 6 heteroatoms. The fourth-order valence-corrected chi connectivity index (χ4v) is 1.53. The van der Waals surface area contributed by atoms with Gasteiger partial charge in [0.25, 0.3) is 0 Å². The van der Waals surface area contributed by atoms with Crippen molar-refractivity contribution in [3.05, 3.63) is 29.8 Å². The number of carbonyl (C=O) groups is 2. The van der Waals surface area contributed by atoms with E-state index in [1.807, 2.05) is 13.0 Å². The number of primary amides is 1. The zero-order valence-corrected chi connectivity index (χ0v) is 10.7. The molecule has 100 valence electrons. The molecule has 0 atom stereocenters. The molecule has 3 N–H and O–H groups in total. The molecule has 0 spiro atoms. The Bertz CT molecular complexity index is 490. The lowest BCUT2D eigenvalue weighted by atomic mass is 10.2. The van der Waals surface area contributed by atoms with Crippen molar-refractivity contribution >= 4 is 17.5 Å². The van der Waals surface area contributed by atoms with E-state index >= 15 is 0 Å². The number of anilines is 1. The first-order valence-electron chi connectivity index (χ1n) is 5.85. The molecule has 0 aliphatic carbocycles. The Balaban J connectivity index is 2.54. The van der Waals surface area contributed by atoms with Crippen LogP contribution >= 0.6 is 0 Å². The van der Waals surface area contributed by atoms with Gasteiger partial charge in [0.2, 0.25) is 11.8 Å². The molecule has 1 aromatic carbocycles. The Morgan fingerprint density at radius 1 is 1.32 bits per heavy atom. The first-order chi connectivity index (χ1) is 9.05. The van der Waals surface area contributed by atoms with Crippen LogP contribution < -0.4 is 11.1 Å². The summed E-state index contributed by atoms with van der Waals surface area (Å²) in [5, 5.41) is 11.3. The molecule has 1 aromatic rings. The summed E-state index contributed by atoms with van der Waals surface area (Å²) < 4.78 is 0. The highest BCUT2D eigenvalue weighted by atomic mass is 16.2. The third-order valence-electron chi connectivity index (χ3n) is 2.49. The normalized spacial score (nSPS) is 9.95. The van der Waals surface area contributed by atoms with Gasteiger partial charge in [0, 0.05) is 5.69 Å². The maximum atomic E-state index is 11.7. The summed E-state index contributed by atoms with van der Waals surface area (Å²) in [6, 6.07) is 8.55. The highest BCUT2D eigenvalue weighted by Crippen LogP contribution is 2.08. The second-order valence-corrected chi connectivity index (χ2v) is 4.01. The summed E-state index contributed by atoms with van der Waals surface area (Å²) in [5.41, 5.74) is 6.23. The average molecular weight is 260 g/mol. The van der Waals surface area contributed by atoms with Gasteiger partial charge in [-0.25, -0.2) is 0 Å². The van der Waals surface area contributed by atoms with Crippen molar-refractivity contribution in [2.24, 2.45) is 5.73 Å². The van der Waals surface area contributed by atoms with Crippen LogP contribution in [0.4, 0.5) is 5.69 Å². The summed E-state index contributed by atoms with van der Waals surface area (Å²) in [6.07, 6.45) is 0. The Labute approximate surface area is 111 Å². The minimum absolute atomic E-state index is 0.0529. The molecular weight excluding hydrogens is 244 g/mol. The lowest BCUT2D eigenvalue weighted by Crippen LogP contribution is -2.39. The van der Waals surface area contributed by atoms with Crippen LogP contribution in [0.25, 0.3) is 0 Å². The predicted octanol–water partition coefficient (Wildman–Crippen LogP) is 0.304. The Hall–Kier alpha value is -2.39. The minimum Gasteiger partial charge on any atom is -0.369 e. The van der Waals surface area contributed by atoms with Crippen LogP contribution in [0.1, 0.15) is 12.5 Å². The molecule has 0 fully saturated rings. The van der Waals surface area contributed by atoms with E-state index in [9.17, 15) is 9.59 Å². The molecule has 0 aliphatic heterocycles. The number of benzene rings is 1. The van der Waals surface area contributed by atoms with Gasteiger partial charge in [0.1, 0.15) is 0 Å². The second kappa shape index (κ2) is 7.13. The van der Waals surface area contributed by atoms with E-state index in [0.717, 1.165) is 0 Å². The molecule has 0 saturated heterocycles. The monoisotopic (exact) mass is 260 g/mol. The Kier molecular flexibility index (Phi) is 5.51. The second-order valence-electron chi connectivity index (χ2n) is 4.01. The van der Waals surface area contributed by atoms with E-state index in [4.69, 9.17) is 11.0 Å². The van der Waals surface area contributed by atoms with Crippen molar-refractivity contribution < 1.29 is 9.59 Å². The van der Waals surface area contributed by atoms with Gasteiger partial charge in [-0.15, -0.1) is 0 Å². The number of likely N-dealkylation sites (N-methyl/N-ethyl adjacent to an activating group) is 1. The zero-order valence-electron chi connectivity index (χ0n) is 10.7. The van der Waals surface area contributed by atoms with Crippen LogP contribution in [0, 0.1) is 11.3 Å². The van der Waals surface area contributed by atoms with E-state index in [0.29, 0.717) is 17.8 Å². The standard InChI is InChI=1S/C13H16N4O2/c1-2-17(8-12(15)18)9-13(19)16-11-5-3-10(7-14)4-6-11/h3-6H,2,8-9H2,1H3,(H2,15,18)(H,16,19). The maximum absolute atomic E-state index is 11.7. The molecule has 0 aliphatic rings. The number of nitrogens with one attached hydrogen (secondary N) is 1. The highest BCUT2D eigenvalue weighted by molar-refractivity contribution is 5.92. The van der Waals surface area contributed by atoms with E-state index in [-0.39, 0.29) is 19.0 Å². The molecule has 0 radical (unpaired) electrons. The van der Waals surface area contributed by atoms with Crippen LogP contribution in [-0.2, 0) is 9.59 Å². The Morgan fingerprint density at radius 2 is 1.95 bits per heavy atom. The summed E-state index contributed by atoms with van der Waals surface area (Å²) >= 11 is 0. The summed E-state index contributed by atoms with van der Waals surface area (Å²) in [4.78, 5) is 24.2. The van der Waals surface area contributed by atoms with Crippen molar-refractivity contribution in [3.8, 4) is 6.07 Å². The lowest BCUT2D eigenvalue weighted by molar-refractivity contribution is -0.121. The zero-order chi connectivity index (χ0) is 14.3. The van der Waals surface area contributed by atoms with Crippen molar-refractivity contribution in [1.82, 2.24) is 4.90 Å². The molecule has 0 aromatic heterocycles. The van der Waals surface area contributed by atoms with Gasteiger partial charge in [-0.05, 0) is 30.8 Å². The Morgan fingerprint density at radius 3 is 2.42 bits per heavy atom. The van der Waals surface area contributed by atoms with Crippen molar-refractivity contribution in [2.45, 2.75) is 6.92 Å². The minimum atomic E-state index is -0.465. The van der Waals surface area contributed by atoms with Gasteiger partial charge >= 0.3 is 0 Å². The predicted molar refractivity (Wildman–Crippen MR) is 71.1 cm³/mol. The molecule has 0 bridgehead atoms. The van der Waals surface area contributed by atoms with Gasteiger partial charge in [0.15, 0.2) is 0 Å². The summed E-state index contributed by atoms with van der Waals surface area (Å²) in [5.74, 6) is -0.694. The smallest absolute Gasteiger partial charge is 0.238 e. The van der Waals surface area contributed by atoms with Gasteiger partial charge in [-0.2, -0.15) is 5.26 Å². The number of nitrogens with two attached hydrogens (primary N) is 1. The van der Waals surface area contributed by atoms with Crippen LogP contribution in [0.3, 0.4) is 0 Å². The molecule has 0 saturated carbocycles. The summed E-state index contributed by atoms with van der Waals surface area (Å²) in [6.45, 7) is 2.55.